The van der Waals surface area contributed by atoms with Crippen molar-refractivity contribution in [3.05, 3.63) is 52.1 Å². The first-order valence-electron chi connectivity index (χ1n) is 9.09. The van der Waals surface area contributed by atoms with E-state index in [1.54, 1.807) is 54.4 Å². The number of anilines is 1. The Hall–Kier alpha value is -2.58. The number of carbonyl (C=O) groups excluding carboxylic acids is 1. The van der Waals surface area contributed by atoms with Crippen molar-refractivity contribution in [2.45, 2.75) is 13.8 Å². The second-order valence-electron chi connectivity index (χ2n) is 6.21. The maximum atomic E-state index is 13.1. The SMILES string of the molecule is CCOc1ccc(N2C(=O)/C(=C/c3cc(Br)cc(OCC)c3O)N(C)C2=S)cc1. The monoisotopic (exact) mass is 476 g/mol. The van der Waals surface area contributed by atoms with Crippen LogP contribution in [0.15, 0.2) is 46.6 Å². The highest BCUT2D eigenvalue weighted by molar-refractivity contribution is 9.10. The number of likely N-dealkylation sites (N-methyl/N-ethyl adjacent to an activating group) is 1. The first-order valence-corrected chi connectivity index (χ1v) is 10.3. The van der Waals surface area contributed by atoms with Crippen LogP contribution in [0, 0.1) is 0 Å². The van der Waals surface area contributed by atoms with Crippen molar-refractivity contribution >= 4 is 50.9 Å². The number of phenolic OH excluding ortho intramolecular Hbond substituents is 1. The second-order valence-corrected chi connectivity index (χ2v) is 7.49. The smallest absolute Gasteiger partial charge is 0.281 e. The molecule has 0 atom stereocenters. The fourth-order valence-corrected chi connectivity index (χ4v) is 3.70. The van der Waals surface area contributed by atoms with E-state index >= 15 is 0 Å². The first-order chi connectivity index (χ1) is 13.9. The Kier molecular flexibility index (Phi) is 6.44. The molecule has 2 aromatic rings. The van der Waals surface area contributed by atoms with Gasteiger partial charge in [0.25, 0.3) is 5.91 Å². The summed E-state index contributed by atoms with van der Waals surface area (Å²) in [6.45, 7) is 4.72. The Bertz CT molecular complexity index is 975. The van der Waals surface area contributed by atoms with Gasteiger partial charge >= 0.3 is 0 Å². The van der Waals surface area contributed by atoms with Crippen LogP contribution in [-0.2, 0) is 4.79 Å². The Labute approximate surface area is 183 Å². The molecule has 1 aliphatic rings. The first kappa shape index (κ1) is 21.1. The number of hydrogen-bond donors (Lipinski definition) is 1. The predicted molar refractivity (Wildman–Crippen MR) is 120 cm³/mol. The number of amides is 1. The number of hydrogen-bond acceptors (Lipinski definition) is 5. The van der Waals surface area contributed by atoms with E-state index in [4.69, 9.17) is 21.7 Å². The lowest BCUT2D eigenvalue weighted by atomic mass is 10.1. The van der Waals surface area contributed by atoms with Crippen LogP contribution in [0.4, 0.5) is 5.69 Å². The summed E-state index contributed by atoms with van der Waals surface area (Å²) in [5, 5.41) is 10.9. The second kappa shape index (κ2) is 8.84. The number of aromatic hydroxyl groups is 1. The van der Waals surface area contributed by atoms with E-state index in [0.717, 1.165) is 10.2 Å². The molecule has 1 N–H and O–H groups in total. The van der Waals surface area contributed by atoms with Crippen LogP contribution < -0.4 is 14.4 Å². The zero-order valence-electron chi connectivity index (χ0n) is 16.3. The molecule has 0 saturated carbocycles. The lowest BCUT2D eigenvalue weighted by Gasteiger charge is -2.16. The van der Waals surface area contributed by atoms with Gasteiger partial charge in [-0.15, -0.1) is 0 Å². The standard InChI is InChI=1S/C21H21BrN2O4S/c1-4-27-16-8-6-15(7-9-16)24-20(26)17(23(3)21(24)29)11-13-10-14(22)12-18(19(13)25)28-5-2/h6-12,25H,4-5H2,1-3H3/b17-11-. The molecule has 0 radical (unpaired) electrons. The summed E-state index contributed by atoms with van der Waals surface area (Å²) in [5.74, 6) is 0.751. The zero-order chi connectivity index (χ0) is 21.1. The highest BCUT2D eigenvalue weighted by Crippen LogP contribution is 2.37. The van der Waals surface area contributed by atoms with Crippen molar-refractivity contribution in [1.29, 1.82) is 0 Å². The fourth-order valence-electron chi connectivity index (χ4n) is 2.96. The van der Waals surface area contributed by atoms with Gasteiger partial charge in [0.15, 0.2) is 16.6 Å². The summed E-state index contributed by atoms with van der Waals surface area (Å²) >= 11 is 8.90. The van der Waals surface area contributed by atoms with Gasteiger partial charge < -0.3 is 19.5 Å². The van der Waals surface area contributed by atoms with Crippen LogP contribution in [0.25, 0.3) is 6.08 Å². The van der Waals surface area contributed by atoms with E-state index in [1.807, 2.05) is 13.8 Å². The van der Waals surface area contributed by atoms with Crippen molar-refractivity contribution in [3.63, 3.8) is 0 Å². The third-order valence-electron chi connectivity index (χ3n) is 4.33. The largest absolute Gasteiger partial charge is 0.504 e. The molecule has 0 aliphatic carbocycles. The topological polar surface area (TPSA) is 62.2 Å². The molecule has 3 rings (SSSR count). The average molecular weight is 477 g/mol. The van der Waals surface area contributed by atoms with Crippen LogP contribution in [0.3, 0.4) is 0 Å². The van der Waals surface area contributed by atoms with Gasteiger partial charge in [-0.2, -0.15) is 0 Å². The molecule has 0 unspecified atom stereocenters. The van der Waals surface area contributed by atoms with Crippen molar-refractivity contribution in [3.8, 4) is 17.2 Å². The maximum absolute atomic E-state index is 13.1. The van der Waals surface area contributed by atoms with Crippen molar-refractivity contribution in [2.24, 2.45) is 0 Å². The molecular weight excluding hydrogens is 456 g/mol. The molecule has 1 heterocycles. The Morgan fingerprint density at radius 1 is 1.14 bits per heavy atom. The molecule has 1 amide bonds. The summed E-state index contributed by atoms with van der Waals surface area (Å²) < 4.78 is 11.6. The average Bonchev–Trinajstić information content (AvgIpc) is 2.90. The number of benzene rings is 2. The molecular formula is C21H21BrN2O4S. The highest BCUT2D eigenvalue weighted by Gasteiger charge is 2.37. The summed E-state index contributed by atoms with van der Waals surface area (Å²) in [6.07, 6.45) is 1.60. The lowest BCUT2D eigenvalue weighted by Crippen LogP contribution is -2.31. The van der Waals surface area contributed by atoms with E-state index < -0.39 is 0 Å². The quantitative estimate of drug-likeness (QED) is 0.487. The van der Waals surface area contributed by atoms with Gasteiger partial charge in [0.1, 0.15) is 11.4 Å². The molecule has 0 spiro atoms. The molecule has 0 aromatic heterocycles. The summed E-state index contributed by atoms with van der Waals surface area (Å²) in [4.78, 5) is 16.2. The minimum absolute atomic E-state index is 0.0332. The van der Waals surface area contributed by atoms with E-state index in [-0.39, 0.29) is 11.7 Å². The number of thiocarbonyl (C=S) groups is 1. The number of phenols is 1. The van der Waals surface area contributed by atoms with Crippen LogP contribution >= 0.6 is 28.1 Å². The van der Waals surface area contributed by atoms with Crippen LogP contribution in [0.2, 0.25) is 0 Å². The Morgan fingerprint density at radius 2 is 1.79 bits per heavy atom. The van der Waals surface area contributed by atoms with E-state index in [0.29, 0.717) is 41.0 Å². The molecule has 29 heavy (non-hydrogen) atoms. The summed E-state index contributed by atoms with van der Waals surface area (Å²) in [6, 6.07) is 10.6. The maximum Gasteiger partial charge on any atom is 0.281 e. The third kappa shape index (κ3) is 4.23. The van der Waals surface area contributed by atoms with Crippen molar-refractivity contribution in [1.82, 2.24) is 4.90 Å². The summed E-state index contributed by atoms with van der Waals surface area (Å²) in [7, 11) is 1.72. The molecule has 8 heteroatoms. The highest BCUT2D eigenvalue weighted by atomic mass is 79.9. The van der Waals surface area contributed by atoms with E-state index in [9.17, 15) is 9.90 Å². The van der Waals surface area contributed by atoms with Crippen molar-refractivity contribution < 1.29 is 19.4 Å². The zero-order valence-corrected chi connectivity index (χ0v) is 18.7. The minimum atomic E-state index is -0.279. The van der Waals surface area contributed by atoms with Gasteiger partial charge in [0, 0.05) is 17.1 Å². The van der Waals surface area contributed by atoms with E-state index in [2.05, 4.69) is 15.9 Å². The van der Waals surface area contributed by atoms with Gasteiger partial charge in [-0.3, -0.25) is 9.69 Å². The normalized spacial score (nSPS) is 15.4. The predicted octanol–water partition coefficient (Wildman–Crippen LogP) is 4.56. The summed E-state index contributed by atoms with van der Waals surface area (Å²) in [5.41, 5.74) is 1.45. The van der Waals surface area contributed by atoms with Crippen molar-refractivity contribution in [2.75, 3.05) is 25.2 Å². The number of rotatable bonds is 6. The lowest BCUT2D eigenvalue weighted by molar-refractivity contribution is -0.114. The van der Waals surface area contributed by atoms with Gasteiger partial charge in [0.2, 0.25) is 0 Å². The van der Waals surface area contributed by atoms with Crippen LogP contribution in [-0.4, -0.2) is 41.3 Å². The molecule has 6 nitrogen and oxygen atoms in total. The Morgan fingerprint density at radius 3 is 2.41 bits per heavy atom. The molecule has 1 aliphatic heterocycles. The third-order valence-corrected chi connectivity index (χ3v) is 5.24. The van der Waals surface area contributed by atoms with Gasteiger partial charge in [-0.25, -0.2) is 0 Å². The number of ether oxygens (including phenoxy) is 2. The van der Waals surface area contributed by atoms with Gasteiger partial charge in [-0.05, 0) is 68.5 Å². The Balaban J connectivity index is 1.98. The molecule has 1 saturated heterocycles. The molecule has 2 aromatic carbocycles. The number of nitrogens with zero attached hydrogens (tertiary/aromatic N) is 2. The number of carbonyl (C=O) groups is 1. The minimum Gasteiger partial charge on any atom is -0.504 e. The van der Waals surface area contributed by atoms with Crippen LogP contribution in [0.5, 0.6) is 17.2 Å². The number of halogens is 1. The molecule has 1 fully saturated rings. The molecule has 152 valence electrons. The van der Waals surface area contributed by atoms with Crippen LogP contribution in [0.1, 0.15) is 19.4 Å². The van der Waals surface area contributed by atoms with Gasteiger partial charge in [0.05, 0.1) is 18.9 Å². The molecule has 0 bridgehead atoms. The fraction of sp³-hybridized carbons (Fsp3) is 0.238. The van der Waals surface area contributed by atoms with Gasteiger partial charge in [-0.1, -0.05) is 15.9 Å². The van der Waals surface area contributed by atoms with E-state index in [1.165, 1.54) is 4.90 Å².